The molecule has 26 heavy (non-hydrogen) atoms. The fourth-order valence-corrected chi connectivity index (χ4v) is 3.71. The highest BCUT2D eigenvalue weighted by molar-refractivity contribution is 5.85. The summed E-state index contributed by atoms with van der Waals surface area (Å²) in [4.78, 5) is 15.4. The zero-order valence-corrected chi connectivity index (χ0v) is 14.9. The van der Waals surface area contributed by atoms with Crippen LogP contribution in [0.4, 0.5) is 5.69 Å². The van der Waals surface area contributed by atoms with Crippen LogP contribution in [0.5, 0.6) is 5.75 Å². The van der Waals surface area contributed by atoms with E-state index in [0.717, 1.165) is 69.2 Å². The topological polar surface area (TPSA) is 42.0 Å². The quantitative estimate of drug-likeness (QED) is 0.750. The first kappa shape index (κ1) is 17.1. The Morgan fingerprint density at radius 3 is 2.77 bits per heavy atom. The van der Waals surface area contributed by atoms with E-state index >= 15 is 0 Å². The van der Waals surface area contributed by atoms with Crippen molar-refractivity contribution in [1.82, 2.24) is 4.90 Å². The lowest BCUT2D eigenvalue weighted by atomic mass is 9.98. The Morgan fingerprint density at radius 2 is 1.92 bits per heavy atom. The molecule has 0 unspecified atom stereocenters. The molecule has 136 valence electrons. The number of hydrogen-bond donors (Lipinski definition) is 0. The van der Waals surface area contributed by atoms with Gasteiger partial charge in [-0.2, -0.15) is 0 Å². The zero-order valence-electron chi connectivity index (χ0n) is 14.9. The second-order valence-electron chi connectivity index (χ2n) is 6.68. The Bertz CT molecular complexity index is 772. The van der Waals surface area contributed by atoms with Gasteiger partial charge < -0.3 is 14.4 Å². The van der Waals surface area contributed by atoms with E-state index in [4.69, 9.17) is 9.47 Å². The summed E-state index contributed by atoms with van der Waals surface area (Å²) in [5.74, 6) is 0.888. The van der Waals surface area contributed by atoms with Crippen molar-refractivity contribution in [3.05, 3.63) is 48.0 Å². The highest BCUT2D eigenvalue weighted by Crippen LogP contribution is 2.36. The molecule has 0 spiro atoms. The Balaban J connectivity index is 1.46. The van der Waals surface area contributed by atoms with Crippen molar-refractivity contribution < 1.29 is 14.3 Å². The molecule has 0 aromatic heterocycles. The number of carbonyl (C=O) groups excluding carboxylic acids is 1. The smallest absolute Gasteiger partial charge is 0.214 e. The molecule has 0 bridgehead atoms. The standard InChI is InChI=1S/C21H24N2O3/c24-16-23-8-7-20-19(5-2-6-21(20)23)17-3-1-4-18(15-17)26-14-11-22-9-12-25-13-10-22/h1-6,15-16H,7-14H2. The van der Waals surface area contributed by atoms with E-state index in [1.54, 1.807) is 4.90 Å². The van der Waals surface area contributed by atoms with Crippen LogP contribution in [0.1, 0.15) is 5.56 Å². The molecule has 5 nitrogen and oxygen atoms in total. The van der Waals surface area contributed by atoms with Crippen molar-refractivity contribution >= 4 is 12.1 Å². The van der Waals surface area contributed by atoms with Crippen LogP contribution in [0, 0.1) is 0 Å². The number of nitrogens with zero attached hydrogens (tertiary/aromatic N) is 2. The minimum atomic E-state index is 0.676. The largest absolute Gasteiger partial charge is 0.492 e. The first-order valence-corrected chi connectivity index (χ1v) is 9.22. The maximum absolute atomic E-state index is 11.2. The molecule has 2 aromatic carbocycles. The second kappa shape index (κ2) is 7.89. The molecule has 5 heteroatoms. The SMILES string of the molecule is O=CN1CCc2c(-c3cccc(OCCN4CCOCC4)c3)cccc21. The Kier molecular flexibility index (Phi) is 5.18. The molecule has 2 heterocycles. The lowest BCUT2D eigenvalue weighted by Crippen LogP contribution is -2.38. The number of ether oxygens (including phenoxy) is 2. The number of morpholine rings is 1. The fraction of sp³-hybridized carbons (Fsp3) is 0.381. The molecule has 0 N–H and O–H groups in total. The molecule has 2 aliphatic rings. The van der Waals surface area contributed by atoms with Crippen LogP contribution in [-0.2, 0) is 16.0 Å². The summed E-state index contributed by atoms with van der Waals surface area (Å²) in [7, 11) is 0. The van der Waals surface area contributed by atoms with Crippen molar-refractivity contribution in [2.75, 3.05) is 50.9 Å². The maximum Gasteiger partial charge on any atom is 0.214 e. The number of benzene rings is 2. The summed E-state index contributed by atoms with van der Waals surface area (Å²) >= 11 is 0. The van der Waals surface area contributed by atoms with Crippen LogP contribution in [-0.4, -0.2) is 57.3 Å². The van der Waals surface area contributed by atoms with E-state index in [0.29, 0.717) is 6.61 Å². The molecular weight excluding hydrogens is 328 g/mol. The van der Waals surface area contributed by atoms with Crippen molar-refractivity contribution in [3.63, 3.8) is 0 Å². The van der Waals surface area contributed by atoms with E-state index in [-0.39, 0.29) is 0 Å². The molecule has 1 fully saturated rings. The number of amides is 1. The van der Waals surface area contributed by atoms with Gasteiger partial charge in [0.1, 0.15) is 12.4 Å². The summed E-state index contributed by atoms with van der Waals surface area (Å²) < 4.78 is 11.4. The summed E-state index contributed by atoms with van der Waals surface area (Å²) in [6.45, 7) is 5.93. The molecule has 1 saturated heterocycles. The summed E-state index contributed by atoms with van der Waals surface area (Å²) in [6, 6.07) is 14.4. The first-order chi connectivity index (χ1) is 12.8. The molecule has 2 aliphatic heterocycles. The third-order valence-corrected chi connectivity index (χ3v) is 5.12. The highest BCUT2D eigenvalue weighted by Gasteiger charge is 2.21. The molecule has 0 saturated carbocycles. The lowest BCUT2D eigenvalue weighted by Gasteiger charge is -2.26. The number of rotatable bonds is 6. The summed E-state index contributed by atoms with van der Waals surface area (Å²) in [5, 5.41) is 0. The van der Waals surface area contributed by atoms with E-state index < -0.39 is 0 Å². The highest BCUT2D eigenvalue weighted by atomic mass is 16.5. The first-order valence-electron chi connectivity index (χ1n) is 9.22. The van der Waals surface area contributed by atoms with E-state index in [1.165, 1.54) is 11.1 Å². The second-order valence-corrected chi connectivity index (χ2v) is 6.68. The molecule has 2 aromatic rings. The van der Waals surface area contributed by atoms with Crippen LogP contribution in [0.25, 0.3) is 11.1 Å². The van der Waals surface area contributed by atoms with Crippen LogP contribution in [0.2, 0.25) is 0 Å². The van der Waals surface area contributed by atoms with Crippen molar-refractivity contribution in [2.45, 2.75) is 6.42 Å². The molecule has 0 aliphatic carbocycles. The monoisotopic (exact) mass is 352 g/mol. The van der Waals surface area contributed by atoms with Gasteiger partial charge in [0.05, 0.1) is 13.2 Å². The fourth-order valence-electron chi connectivity index (χ4n) is 3.71. The van der Waals surface area contributed by atoms with E-state index in [1.807, 2.05) is 24.3 Å². The third-order valence-electron chi connectivity index (χ3n) is 5.12. The van der Waals surface area contributed by atoms with Crippen molar-refractivity contribution in [1.29, 1.82) is 0 Å². The lowest BCUT2D eigenvalue weighted by molar-refractivity contribution is -0.107. The minimum Gasteiger partial charge on any atom is -0.492 e. The van der Waals surface area contributed by atoms with Crippen molar-refractivity contribution in [3.8, 4) is 16.9 Å². The van der Waals surface area contributed by atoms with Gasteiger partial charge in [-0.1, -0.05) is 24.3 Å². The van der Waals surface area contributed by atoms with Gasteiger partial charge in [-0.25, -0.2) is 0 Å². The van der Waals surface area contributed by atoms with Gasteiger partial charge in [-0.05, 0) is 41.3 Å². The van der Waals surface area contributed by atoms with Gasteiger partial charge in [-0.15, -0.1) is 0 Å². The normalized spacial score (nSPS) is 17.2. The molecule has 4 rings (SSSR count). The molecular formula is C21H24N2O3. The predicted octanol–water partition coefficient (Wildman–Crippen LogP) is 2.58. The average molecular weight is 352 g/mol. The van der Waals surface area contributed by atoms with Crippen LogP contribution in [0.15, 0.2) is 42.5 Å². The van der Waals surface area contributed by atoms with E-state index in [9.17, 15) is 4.79 Å². The third kappa shape index (κ3) is 3.59. The number of fused-ring (bicyclic) bond motifs is 1. The van der Waals surface area contributed by atoms with Gasteiger partial charge in [0.15, 0.2) is 0 Å². The van der Waals surface area contributed by atoms with Crippen LogP contribution < -0.4 is 9.64 Å². The van der Waals surface area contributed by atoms with Gasteiger partial charge in [0.25, 0.3) is 0 Å². The minimum absolute atomic E-state index is 0.676. The molecule has 0 radical (unpaired) electrons. The number of anilines is 1. The average Bonchev–Trinajstić information content (AvgIpc) is 3.12. The van der Waals surface area contributed by atoms with E-state index in [2.05, 4.69) is 23.1 Å². The van der Waals surface area contributed by atoms with Crippen molar-refractivity contribution in [2.24, 2.45) is 0 Å². The Morgan fingerprint density at radius 1 is 1.08 bits per heavy atom. The van der Waals surface area contributed by atoms with Crippen LogP contribution in [0.3, 0.4) is 0 Å². The molecule has 1 amide bonds. The van der Waals surface area contributed by atoms with Gasteiger partial charge in [-0.3, -0.25) is 9.69 Å². The zero-order chi connectivity index (χ0) is 17.8. The van der Waals surface area contributed by atoms with Gasteiger partial charge in [0.2, 0.25) is 6.41 Å². The number of carbonyl (C=O) groups is 1. The Hall–Kier alpha value is -2.37. The predicted molar refractivity (Wildman–Crippen MR) is 102 cm³/mol. The summed E-state index contributed by atoms with van der Waals surface area (Å²) in [6.07, 6.45) is 1.81. The maximum atomic E-state index is 11.2. The van der Waals surface area contributed by atoms with Gasteiger partial charge >= 0.3 is 0 Å². The van der Waals surface area contributed by atoms with Crippen LogP contribution >= 0.6 is 0 Å². The Labute approximate surface area is 154 Å². The van der Waals surface area contributed by atoms with Gasteiger partial charge in [0, 0.05) is 31.9 Å². The number of hydrogen-bond acceptors (Lipinski definition) is 4. The summed E-state index contributed by atoms with van der Waals surface area (Å²) in [5.41, 5.74) is 4.59. The molecule has 0 atom stereocenters.